The number of thioether (sulfide) groups is 1. The molecule has 0 N–H and O–H groups in total. The van der Waals surface area contributed by atoms with Crippen molar-refractivity contribution in [3.05, 3.63) is 69.5 Å². The largest absolute Gasteiger partial charge is 0.497 e. The molecule has 0 spiro atoms. The number of rotatable bonds is 7. The molecule has 0 saturated heterocycles. The smallest absolute Gasteiger partial charge is 0.344 e. The molecule has 0 saturated carbocycles. The van der Waals surface area contributed by atoms with Gasteiger partial charge in [-0.1, -0.05) is 11.8 Å². The van der Waals surface area contributed by atoms with E-state index < -0.39 is 11.4 Å². The summed E-state index contributed by atoms with van der Waals surface area (Å²) in [5, 5.41) is 0.595. The van der Waals surface area contributed by atoms with Crippen LogP contribution in [0.3, 0.4) is 0 Å². The van der Waals surface area contributed by atoms with Crippen LogP contribution in [0, 0.1) is 13.8 Å². The van der Waals surface area contributed by atoms with E-state index in [1.807, 2.05) is 19.9 Å². The maximum absolute atomic E-state index is 12.4. The molecule has 2 aromatic heterocycles. The molecular formula is C21H20N2O6S. The fraction of sp³-hybridized carbons (Fsp3) is 0.238. The zero-order valence-electron chi connectivity index (χ0n) is 16.9. The quantitative estimate of drug-likeness (QED) is 0.317. The Balaban J connectivity index is 1.71. The summed E-state index contributed by atoms with van der Waals surface area (Å²) >= 11 is 1.34. The second-order valence-electron chi connectivity index (χ2n) is 6.29. The summed E-state index contributed by atoms with van der Waals surface area (Å²) in [5.41, 5.74) is 1.43. The standard InChI is InChI=1S/C21H20N2O6S/c1-12-5-13(2)23-21(22-12)30-11-17-9-18(24)19(10-28-17)29-20(25)14-6-15(26-3)8-16(7-14)27-4/h5-10H,11H2,1-4H3. The van der Waals surface area contributed by atoms with Gasteiger partial charge in [-0.25, -0.2) is 14.8 Å². The lowest BCUT2D eigenvalue weighted by Gasteiger charge is -2.08. The average Bonchev–Trinajstić information content (AvgIpc) is 2.72. The summed E-state index contributed by atoms with van der Waals surface area (Å²) in [6.45, 7) is 3.78. The van der Waals surface area contributed by atoms with Crippen molar-refractivity contribution in [3.8, 4) is 17.2 Å². The van der Waals surface area contributed by atoms with Crippen LogP contribution in [0.1, 0.15) is 27.5 Å². The van der Waals surface area contributed by atoms with Crippen LogP contribution < -0.4 is 19.6 Å². The van der Waals surface area contributed by atoms with E-state index in [4.69, 9.17) is 18.6 Å². The second kappa shape index (κ2) is 9.45. The number of aromatic nitrogens is 2. The highest BCUT2D eigenvalue weighted by atomic mass is 32.2. The molecule has 0 aliphatic heterocycles. The monoisotopic (exact) mass is 428 g/mol. The van der Waals surface area contributed by atoms with Crippen LogP contribution in [0.15, 0.2) is 51.0 Å². The number of methoxy groups -OCH3 is 2. The molecule has 0 aliphatic rings. The normalized spacial score (nSPS) is 10.5. The lowest BCUT2D eigenvalue weighted by atomic mass is 10.2. The second-order valence-corrected chi connectivity index (χ2v) is 7.23. The summed E-state index contributed by atoms with van der Waals surface area (Å²) in [7, 11) is 2.94. The van der Waals surface area contributed by atoms with Gasteiger partial charge in [-0.2, -0.15) is 0 Å². The van der Waals surface area contributed by atoms with E-state index in [0.29, 0.717) is 28.2 Å². The molecule has 0 aliphatic carbocycles. The first kappa shape index (κ1) is 21.4. The van der Waals surface area contributed by atoms with Crippen LogP contribution in [0.25, 0.3) is 0 Å². The van der Waals surface area contributed by atoms with Gasteiger partial charge in [0.05, 0.1) is 25.5 Å². The van der Waals surface area contributed by atoms with Crippen LogP contribution in [-0.2, 0) is 5.75 Å². The van der Waals surface area contributed by atoms with Gasteiger partial charge in [-0.15, -0.1) is 0 Å². The van der Waals surface area contributed by atoms with E-state index in [0.717, 1.165) is 17.7 Å². The number of ether oxygens (including phenoxy) is 3. The highest BCUT2D eigenvalue weighted by molar-refractivity contribution is 7.98. The SMILES string of the molecule is COc1cc(OC)cc(C(=O)Oc2coc(CSc3nc(C)cc(C)n3)cc2=O)c1. The summed E-state index contributed by atoms with van der Waals surface area (Å²) in [6, 6.07) is 7.76. The molecule has 30 heavy (non-hydrogen) atoms. The predicted molar refractivity (Wildman–Crippen MR) is 111 cm³/mol. The van der Waals surface area contributed by atoms with Crippen LogP contribution in [0.4, 0.5) is 0 Å². The van der Waals surface area contributed by atoms with Crippen molar-refractivity contribution in [1.82, 2.24) is 9.97 Å². The van der Waals surface area contributed by atoms with Crippen molar-refractivity contribution in [2.24, 2.45) is 0 Å². The minimum absolute atomic E-state index is 0.178. The molecule has 8 nitrogen and oxygen atoms in total. The van der Waals surface area contributed by atoms with Gasteiger partial charge >= 0.3 is 5.97 Å². The van der Waals surface area contributed by atoms with E-state index >= 15 is 0 Å². The molecule has 9 heteroatoms. The minimum Gasteiger partial charge on any atom is -0.497 e. The van der Waals surface area contributed by atoms with E-state index in [1.54, 1.807) is 6.07 Å². The van der Waals surface area contributed by atoms with Crippen molar-refractivity contribution in [1.29, 1.82) is 0 Å². The molecule has 1 aromatic carbocycles. The van der Waals surface area contributed by atoms with Crippen molar-refractivity contribution >= 4 is 17.7 Å². The highest BCUT2D eigenvalue weighted by Gasteiger charge is 2.15. The summed E-state index contributed by atoms with van der Waals surface area (Å²) in [4.78, 5) is 33.4. The Morgan fingerprint density at radius 2 is 1.63 bits per heavy atom. The number of carbonyl (C=O) groups is 1. The molecule has 0 fully saturated rings. The van der Waals surface area contributed by atoms with Crippen LogP contribution >= 0.6 is 11.8 Å². The van der Waals surface area contributed by atoms with Crippen molar-refractivity contribution < 1.29 is 23.4 Å². The van der Waals surface area contributed by atoms with Gasteiger partial charge in [0.2, 0.25) is 11.2 Å². The maximum Gasteiger partial charge on any atom is 0.344 e. The van der Waals surface area contributed by atoms with Gasteiger partial charge in [0.25, 0.3) is 0 Å². The summed E-state index contributed by atoms with van der Waals surface area (Å²) in [5.74, 6) is 0.682. The van der Waals surface area contributed by atoms with Crippen LogP contribution in [-0.4, -0.2) is 30.2 Å². The van der Waals surface area contributed by atoms with Gasteiger partial charge in [-0.3, -0.25) is 4.79 Å². The Morgan fingerprint density at radius 3 is 2.20 bits per heavy atom. The third-order valence-electron chi connectivity index (χ3n) is 3.95. The molecule has 0 radical (unpaired) electrons. The number of aryl methyl sites for hydroxylation is 2. The fourth-order valence-corrected chi connectivity index (χ4v) is 3.41. The molecule has 0 amide bonds. The topological polar surface area (TPSA) is 101 Å². The Labute approximate surface area is 177 Å². The van der Waals surface area contributed by atoms with Gasteiger partial charge in [0.1, 0.15) is 23.5 Å². The zero-order chi connectivity index (χ0) is 21.7. The first-order valence-corrected chi connectivity index (χ1v) is 9.88. The Bertz CT molecular complexity index is 1090. The van der Waals surface area contributed by atoms with Gasteiger partial charge in [0.15, 0.2) is 5.16 Å². The van der Waals surface area contributed by atoms with Gasteiger partial charge < -0.3 is 18.6 Å². The number of hydrogen-bond donors (Lipinski definition) is 0. The molecule has 0 atom stereocenters. The third kappa shape index (κ3) is 5.38. The number of esters is 1. The number of hydrogen-bond acceptors (Lipinski definition) is 9. The predicted octanol–water partition coefficient (Wildman–Crippen LogP) is 3.58. The number of carbonyl (C=O) groups excluding carboxylic acids is 1. The number of nitrogens with zero attached hydrogens (tertiary/aromatic N) is 2. The summed E-state index contributed by atoms with van der Waals surface area (Å²) in [6.07, 6.45) is 1.12. The average molecular weight is 428 g/mol. The first-order valence-electron chi connectivity index (χ1n) is 8.90. The lowest BCUT2D eigenvalue weighted by Crippen LogP contribution is -2.15. The molecule has 3 aromatic rings. The van der Waals surface area contributed by atoms with Gasteiger partial charge in [-0.05, 0) is 32.0 Å². The molecular weight excluding hydrogens is 408 g/mol. The van der Waals surface area contributed by atoms with E-state index in [1.165, 1.54) is 44.2 Å². The Morgan fingerprint density at radius 1 is 1.00 bits per heavy atom. The van der Waals surface area contributed by atoms with Crippen LogP contribution in [0.5, 0.6) is 17.2 Å². The highest BCUT2D eigenvalue weighted by Crippen LogP contribution is 2.24. The van der Waals surface area contributed by atoms with E-state index in [-0.39, 0.29) is 11.3 Å². The molecule has 3 rings (SSSR count). The Hall–Kier alpha value is -3.33. The molecule has 156 valence electrons. The lowest BCUT2D eigenvalue weighted by molar-refractivity contribution is 0.0728. The van der Waals surface area contributed by atoms with E-state index in [2.05, 4.69) is 9.97 Å². The molecule has 2 heterocycles. The minimum atomic E-state index is -0.731. The molecule has 0 bridgehead atoms. The van der Waals surface area contributed by atoms with Crippen molar-refractivity contribution in [2.75, 3.05) is 14.2 Å². The molecule has 0 unspecified atom stereocenters. The van der Waals surface area contributed by atoms with Crippen LogP contribution in [0.2, 0.25) is 0 Å². The third-order valence-corrected chi connectivity index (χ3v) is 4.82. The Kier molecular flexibility index (Phi) is 6.73. The summed E-state index contributed by atoms with van der Waals surface area (Å²) < 4.78 is 20.9. The first-order chi connectivity index (χ1) is 14.4. The van der Waals surface area contributed by atoms with Crippen molar-refractivity contribution in [3.63, 3.8) is 0 Å². The maximum atomic E-state index is 12.4. The fourth-order valence-electron chi connectivity index (χ4n) is 2.57. The number of benzene rings is 1. The zero-order valence-corrected chi connectivity index (χ0v) is 17.7. The van der Waals surface area contributed by atoms with Crippen molar-refractivity contribution in [2.45, 2.75) is 24.8 Å². The van der Waals surface area contributed by atoms with E-state index in [9.17, 15) is 9.59 Å². The van der Waals surface area contributed by atoms with Gasteiger partial charge in [0, 0.05) is 23.5 Å².